The van der Waals surface area contributed by atoms with Crippen LogP contribution < -0.4 is 16.0 Å². The number of amides is 4. The Morgan fingerprint density at radius 1 is 0.936 bits per heavy atom. The highest BCUT2D eigenvalue weighted by Gasteiger charge is 2.44. The summed E-state index contributed by atoms with van der Waals surface area (Å²) in [5, 5.41) is 8.66. The lowest BCUT2D eigenvalue weighted by atomic mass is 9.82. The van der Waals surface area contributed by atoms with E-state index in [1.165, 1.54) is 23.5 Å². The van der Waals surface area contributed by atoms with Crippen molar-refractivity contribution in [3.05, 3.63) is 60.2 Å². The van der Waals surface area contributed by atoms with Crippen molar-refractivity contribution in [3.63, 3.8) is 0 Å². The van der Waals surface area contributed by atoms with Crippen molar-refractivity contribution >= 4 is 29.8 Å². The van der Waals surface area contributed by atoms with Gasteiger partial charge in [0.2, 0.25) is 11.8 Å². The second-order valence-electron chi connectivity index (χ2n) is 13.2. The fourth-order valence-corrected chi connectivity index (χ4v) is 6.07. The predicted molar refractivity (Wildman–Crippen MR) is 172 cm³/mol. The third-order valence-electron chi connectivity index (χ3n) is 8.60. The maximum absolute atomic E-state index is 13.9. The number of hydrogen-bond donors (Lipinski definition) is 3. The number of likely N-dealkylation sites (tertiary alicyclic amines) is 1. The first-order chi connectivity index (χ1) is 22.5. The number of carbonyl (C=O) groups excluding carboxylic acids is 5. The van der Waals surface area contributed by atoms with Crippen LogP contribution in [-0.4, -0.2) is 82.5 Å². The highest BCUT2D eigenvalue weighted by Crippen LogP contribution is 2.28. The lowest BCUT2D eigenvalue weighted by molar-refractivity contribution is -0.148. The topological polar surface area (TPSA) is 169 Å². The number of benzene rings is 1. The van der Waals surface area contributed by atoms with Gasteiger partial charge in [0.05, 0.1) is 24.8 Å². The van der Waals surface area contributed by atoms with Crippen molar-refractivity contribution < 1.29 is 33.4 Å². The van der Waals surface area contributed by atoms with Gasteiger partial charge in [-0.2, -0.15) is 0 Å². The molecule has 4 amide bonds. The Morgan fingerprint density at radius 2 is 1.66 bits per heavy atom. The number of ether oxygens (including phenoxy) is 2. The van der Waals surface area contributed by atoms with Gasteiger partial charge in [0.25, 0.3) is 5.91 Å². The summed E-state index contributed by atoms with van der Waals surface area (Å²) in [5.41, 5.74) is 0.150. The molecule has 1 unspecified atom stereocenters. The molecule has 1 saturated heterocycles. The van der Waals surface area contributed by atoms with E-state index in [2.05, 4.69) is 25.9 Å². The van der Waals surface area contributed by atoms with Crippen LogP contribution in [0.5, 0.6) is 0 Å². The Labute approximate surface area is 275 Å². The number of rotatable bonds is 11. The Kier molecular flexibility index (Phi) is 12.3. The molecule has 254 valence electrons. The van der Waals surface area contributed by atoms with Gasteiger partial charge >= 0.3 is 12.1 Å². The third-order valence-corrected chi connectivity index (χ3v) is 8.60. The molecule has 2 heterocycles. The average Bonchev–Trinajstić information content (AvgIpc) is 3.49. The molecule has 1 aliphatic carbocycles. The molecule has 1 saturated carbocycles. The summed E-state index contributed by atoms with van der Waals surface area (Å²) < 4.78 is 10.7. The van der Waals surface area contributed by atoms with Crippen LogP contribution in [0, 0.1) is 17.3 Å². The van der Waals surface area contributed by atoms with E-state index in [4.69, 9.17) is 9.47 Å². The molecular weight excluding hydrogens is 604 g/mol. The number of nitrogens with one attached hydrogen (secondary N) is 3. The summed E-state index contributed by atoms with van der Waals surface area (Å²) in [6.07, 6.45) is 8.00. The van der Waals surface area contributed by atoms with E-state index in [-0.39, 0.29) is 37.9 Å². The predicted octanol–water partition coefficient (Wildman–Crippen LogP) is 3.00. The number of hydrogen-bond acceptors (Lipinski definition) is 9. The molecule has 47 heavy (non-hydrogen) atoms. The molecule has 2 aromatic rings. The van der Waals surface area contributed by atoms with E-state index in [1.54, 1.807) is 6.92 Å². The van der Waals surface area contributed by atoms with Gasteiger partial charge in [-0.05, 0) is 36.7 Å². The first-order valence-corrected chi connectivity index (χ1v) is 16.3. The highest BCUT2D eigenvalue weighted by molar-refractivity contribution is 5.97. The van der Waals surface area contributed by atoms with Crippen LogP contribution in [0.3, 0.4) is 0 Å². The molecule has 13 heteroatoms. The average molecular weight is 651 g/mol. The minimum absolute atomic E-state index is 0.00209. The summed E-state index contributed by atoms with van der Waals surface area (Å²) in [4.78, 5) is 76.2. The van der Waals surface area contributed by atoms with Gasteiger partial charge in [-0.25, -0.2) is 9.78 Å². The summed E-state index contributed by atoms with van der Waals surface area (Å²) in [6.45, 7) is 7.35. The van der Waals surface area contributed by atoms with Crippen molar-refractivity contribution in [3.8, 4) is 0 Å². The molecule has 4 rings (SSSR count). The van der Waals surface area contributed by atoms with Gasteiger partial charge in [-0.3, -0.25) is 24.2 Å². The van der Waals surface area contributed by atoms with Crippen LogP contribution in [0.1, 0.15) is 75.9 Å². The summed E-state index contributed by atoms with van der Waals surface area (Å²) in [7, 11) is 0. The second kappa shape index (κ2) is 16.3. The van der Waals surface area contributed by atoms with Crippen molar-refractivity contribution in [2.45, 2.75) is 84.5 Å². The number of carbonyl (C=O) groups is 5. The Bertz CT molecular complexity index is 1380. The van der Waals surface area contributed by atoms with E-state index < -0.39 is 59.2 Å². The van der Waals surface area contributed by atoms with E-state index >= 15 is 0 Å². The van der Waals surface area contributed by atoms with E-state index in [0.29, 0.717) is 0 Å². The minimum atomic E-state index is -1.03. The zero-order chi connectivity index (χ0) is 34.0. The third kappa shape index (κ3) is 9.72. The number of aromatic nitrogens is 2. The Balaban J connectivity index is 1.48. The fourth-order valence-electron chi connectivity index (χ4n) is 6.07. The van der Waals surface area contributed by atoms with E-state index in [9.17, 15) is 24.0 Å². The maximum Gasteiger partial charge on any atom is 0.410 e. The standard InChI is InChI=1S/C34H46N6O7/c1-5-46-32(44)24-19-40(33(45)47-21-22-12-8-6-9-13-22)20-26(24)37-31(43)28(34(2,3)4)39-30(42)27(23-14-10-7-11-15-23)38-29(41)25-18-35-16-17-36-25/h6,8-9,12-13,16-18,23-24,26-28H,5,7,10-11,14-15,19-21H2,1-4H3,(H,37,43)(H,38,41)(H,39,42)/t24-,26+,27+,28?/m1/s1. The minimum Gasteiger partial charge on any atom is -0.466 e. The normalized spacial score (nSPS) is 19.6. The maximum atomic E-state index is 13.9. The van der Waals surface area contributed by atoms with Gasteiger partial charge in [0.15, 0.2) is 0 Å². The molecule has 1 aromatic carbocycles. The lowest BCUT2D eigenvalue weighted by Crippen LogP contribution is -2.61. The monoisotopic (exact) mass is 650 g/mol. The van der Waals surface area contributed by atoms with Crippen molar-refractivity contribution in [1.82, 2.24) is 30.8 Å². The van der Waals surface area contributed by atoms with Gasteiger partial charge in [-0.15, -0.1) is 0 Å². The molecule has 1 aliphatic heterocycles. The van der Waals surface area contributed by atoms with Crippen LogP contribution in [0.25, 0.3) is 0 Å². The van der Waals surface area contributed by atoms with E-state index in [0.717, 1.165) is 37.7 Å². The van der Waals surface area contributed by atoms with Crippen molar-refractivity contribution in [2.24, 2.45) is 17.3 Å². The van der Waals surface area contributed by atoms with Crippen LogP contribution in [0.2, 0.25) is 0 Å². The zero-order valence-electron chi connectivity index (χ0n) is 27.6. The molecule has 0 spiro atoms. The molecule has 2 aliphatic rings. The smallest absolute Gasteiger partial charge is 0.410 e. The molecular formula is C34H46N6O7. The van der Waals surface area contributed by atoms with Crippen LogP contribution in [0.4, 0.5) is 4.79 Å². The zero-order valence-corrected chi connectivity index (χ0v) is 27.6. The van der Waals surface area contributed by atoms with Crippen LogP contribution in [-0.2, 0) is 30.5 Å². The van der Waals surface area contributed by atoms with Crippen molar-refractivity contribution in [2.75, 3.05) is 19.7 Å². The van der Waals surface area contributed by atoms with E-state index in [1.807, 2.05) is 51.1 Å². The fraction of sp³-hybridized carbons (Fsp3) is 0.559. The molecule has 4 atom stereocenters. The number of nitrogens with zero attached hydrogens (tertiary/aromatic N) is 3. The first-order valence-electron chi connectivity index (χ1n) is 16.3. The quantitative estimate of drug-likeness (QED) is 0.310. The lowest BCUT2D eigenvalue weighted by Gasteiger charge is -2.35. The largest absolute Gasteiger partial charge is 0.466 e. The Hall–Kier alpha value is -4.55. The molecule has 0 radical (unpaired) electrons. The molecule has 13 nitrogen and oxygen atoms in total. The molecule has 2 fully saturated rings. The second-order valence-corrected chi connectivity index (χ2v) is 13.2. The SMILES string of the molecule is CCOC(=O)[C@@H]1CN(C(=O)OCc2ccccc2)C[C@@H]1NC(=O)C(NC(=O)[C@@H](NC(=O)c1cnccn1)C1CCCCC1)C(C)(C)C. The summed E-state index contributed by atoms with van der Waals surface area (Å²) in [5.74, 6) is -3.03. The van der Waals surface area contributed by atoms with Crippen LogP contribution in [0.15, 0.2) is 48.9 Å². The van der Waals surface area contributed by atoms with Gasteiger partial charge < -0.3 is 30.3 Å². The summed E-state index contributed by atoms with van der Waals surface area (Å²) in [6, 6.07) is 6.52. The Morgan fingerprint density at radius 3 is 2.30 bits per heavy atom. The number of esters is 1. The molecule has 3 N–H and O–H groups in total. The molecule has 0 bridgehead atoms. The van der Waals surface area contributed by atoms with Gasteiger partial charge in [0, 0.05) is 25.5 Å². The summed E-state index contributed by atoms with van der Waals surface area (Å²) >= 11 is 0. The molecule has 1 aromatic heterocycles. The highest BCUT2D eigenvalue weighted by atomic mass is 16.6. The van der Waals surface area contributed by atoms with Crippen molar-refractivity contribution in [1.29, 1.82) is 0 Å². The van der Waals surface area contributed by atoms with Gasteiger partial charge in [-0.1, -0.05) is 70.4 Å². The van der Waals surface area contributed by atoms with Crippen LogP contribution >= 0.6 is 0 Å². The van der Waals surface area contributed by atoms with Gasteiger partial charge in [0.1, 0.15) is 24.4 Å². The first kappa shape index (κ1) is 35.3.